The van der Waals surface area contributed by atoms with E-state index in [4.69, 9.17) is 20.2 Å². The highest BCUT2D eigenvalue weighted by Gasteiger charge is 2.46. The second-order valence-electron chi connectivity index (χ2n) is 10.3. The average molecular weight is 530 g/mol. The Balaban J connectivity index is 1.13. The standard InChI is InChI=1S/C28H28FN7O3/c1-35-10-9-20(34-35)18-12-36(27-23(18)26(30)31-14-32-27)28-24(29)25(37)22(39-28)13-38-17-7-5-16-6-8-19(15-3-2-4-15)33-21(16)11-17/h5-12,14-15,22,24-25,28,37H,2-4,13H2,1H3,(H2,30,31,32)/t22-,24+,25-,28-/m1/s1. The van der Waals surface area contributed by atoms with E-state index in [1.54, 1.807) is 28.7 Å². The SMILES string of the molecule is Cn1ccc(-c2cn([C@@H]3O[C@H](COc4ccc5ccc(C6CCC6)nc5c4)[C@@H](O)[C@@H]3F)c3ncnc(N)c23)n1. The van der Waals surface area contributed by atoms with Gasteiger partial charge in [0.05, 0.1) is 16.6 Å². The normalized spacial score (nSPS) is 23.5. The molecule has 1 aliphatic heterocycles. The summed E-state index contributed by atoms with van der Waals surface area (Å²) < 4.78 is 30.7. The number of aryl methyl sites for hydroxylation is 1. The number of hydrogen-bond acceptors (Lipinski definition) is 8. The van der Waals surface area contributed by atoms with Crippen LogP contribution in [-0.2, 0) is 11.8 Å². The molecule has 10 nitrogen and oxygen atoms in total. The molecule has 1 saturated heterocycles. The van der Waals surface area contributed by atoms with Gasteiger partial charge in [0.1, 0.15) is 42.4 Å². The van der Waals surface area contributed by atoms with Crippen LogP contribution in [0, 0.1) is 0 Å². The van der Waals surface area contributed by atoms with Gasteiger partial charge in [-0.1, -0.05) is 12.5 Å². The summed E-state index contributed by atoms with van der Waals surface area (Å²) in [6.07, 6.45) is 3.27. The summed E-state index contributed by atoms with van der Waals surface area (Å²) in [5.74, 6) is 1.36. The van der Waals surface area contributed by atoms with Crippen molar-refractivity contribution in [3.05, 3.63) is 60.8 Å². The van der Waals surface area contributed by atoms with E-state index in [-0.39, 0.29) is 12.4 Å². The molecule has 11 heteroatoms. The Morgan fingerprint density at radius 2 is 2.03 bits per heavy atom. The molecule has 5 heterocycles. The van der Waals surface area contributed by atoms with Crippen molar-refractivity contribution in [3.63, 3.8) is 0 Å². The van der Waals surface area contributed by atoms with Crippen LogP contribution in [0.1, 0.15) is 37.1 Å². The van der Waals surface area contributed by atoms with E-state index >= 15 is 4.39 Å². The van der Waals surface area contributed by atoms with E-state index in [0.29, 0.717) is 34.0 Å². The number of alkyl halides is 1. The van der Waals surface area contributed by atoms with E-state index < -0.39 is 24.6 Å². The zero-order valence-electron chi connectivity index (χ0n) is 21.3. The Kier molecular flexibility index (Phi) is 5.71. The number of halogens is 1. The number of aromatic nitrogens is 6. The molecule has 39 heavy (non-hydrogen) atoms. The molecule has 7 rings (SSSR count). The highest BCUT2D eigenvalue weighted by atomic mass is 19.1. The third-order valence-corrected chi connectivity index (χ3v) is 7.82. The first-order valence-corrected chi connectivity index (χ1v) is 13.1. The molecule has 5 aromatic rings. The van der Waals surface area contributed by atoms with Gasteiger partial charge in [0.15, 0.2) is 12.4 Å². The van der Waals surface area contributed by atoms with E-state index in [1.165, 1.54) is 25.6 Å². The number of pyridine rings is 1. The average Bonchev–Trinajstić information content (AvgIpc) is 3.58. The maximum atomic E-state index is 15.5. The monoisotopic (exact) mass is 529 g/mol. The van der Waals surface area contributed by atoms with E-state index in [0.717, 1.165) is 16.6 Å². The van der Waals surface area contributed by atoms with Crippen LogP contribution < -0.4 is 10.5 Å². The maximum absolute atomic E-state index is 15.5. The quantitative estimate of drug-likeness (QED) is 0.339. The van der Waals surface area contributed by atoms with Gasteiger partial charge < -0.3 is 24.9 Å². The number of aliphatic hydroxyl groups is 1. The molecule has 2 aliphatic rings. The van der Waals surface area contributed by atoms with Gasteiger partial charge in [0.2, 0.25) is 0 Å². The molecule has 1 aromatic carbocycles. The molecule has 0 spiro atoms. The highest BCUT2D eigenvalue weighted by Crippen LogP contribution is 2.39. The number of ether oxygens (including phenoxy) is 2. The molecule has 0 unspecified atom stereocenters. The second-order valence-corrected chi connectivity index (χ2v) is 10.3. The first-order chi connectivity index (χ1) is 19.0. The van der Waals surface area contributed by atoms with Crippen molar-refractivity contribution in [3.8, 4) is 17.0 Å². The predicted molar refractivity (Wildman–Crippen MR) is 143 cm³/mol. The minimum Gasteiger partial charge on any atom is -0.491 e. The maximum Gasteiger partial charge on any atom is 0.173 e. The summed E-state index contributed by atoms with van der Waals surface area (Å²) in [5, 5.41) is 16.8. The number of anilines is 1. The van der Waals surface area contributed by atoms with E-state index in [9.17, 15) is 5.11 Å². The van der Waals surface area contributed by atoms with Gasteiger partial charge in [-0.3, -0.25) is 9.67 Å². The number of benzene rings is 1. The van der Waals surface area contributed by atoms with Crippen molar-refractivity contribution in [2.45, 2.75) is 49.8 Å². The van der Waals surface area contributed by atoms with Gasteiger partial charge in [0.25, 0.3) is 0 Å². The number of nitrogens with two attached hydrogens (primary N) is 1. The molecule has 0 bridgehead atoms. The summed E-state index contributed by atoms with van der Waals surface area (Å²) in [4.78, 5) is 13.3. The van der Waals surface area contributed by atoms with Gasteiger partial charge in [0, 0.05) is 48.1 Å². The van der Waals surface area contributed by atoms with Crippen molar-refractivity contribution in [1.82, 2.24) is 29.3 Å². The molecule has 1 aliphatic carbocycles. The molecule has 2 fully saturated rings. The summed E-state index contributed by atoms with van der Waals surface area (Å²) >= 11 is 0. The van der Waals surface area contributed by atoms with Gasteiger partial charge >= 0.3 is 0 Å². The van der Waals surface area contributed by atoms with Crippen LogP contribution in [0.4, 0.5) is 10.2 Å². The Labute approximate surface area is 223 Å². The Morgan fingerprint density at radius 3 is 2.79 bits per heavy atom. The third-order valence-electron chi connectivity index (χ3n) is 7.82. The highest BCUT2D eigenvalue weighted by molar-refractivity contribution is 5.99. The molecule has 3 N–H and O–H groups in total. The van der Waals surface area contributed by atoms with Crippen molar-refractivity contribution < 1.29 is 19.0 Å². The van der Waals surface area contributed by atoms with Crippen LogP contribution in [0.2, 0.25) is 0 Å². The number of fused-ring (bicyclic) bond motifs is 2. The summed E-state index contributed by atoms with van der Waals surface area (Å²) in [6, 6.07) is 11.7. The molecule has 1 saturated carbocycles. The minimum absolute atomic E-state index is 0.0324. The van der Waals surface area contributed by atoms with Crippen molar-refractivity contribution in [2.24, 2.45) is 7.05 Å². The fourth-order valence-electron chi connectivity index (χ4n) is 5.43. The Morgan fingerprint density at radius 1 is 1.18 bits per heavy atom. The first kappa shape index (κ1) is 24.0. The molecule has 4 aromatic heterocycles. The largest absolute Gasteiger partial charge is 0.491 e. The van der Waals surface area contributed by atoms with Gasteiger partial charge in [-0.15, -0.1) is 0 Å². The van der Waals surface area contributed by atoms with Crippen LogP contribution in [0.15, 0.2) is 55.1 Å². The summed E-state index contributed by atoms with van der Waals surface area (Å²) in [5.41, 5.74) is 9.83. The number of aliphatic hydroxyl groups excluding tert-OH is 1. The van der Waals surface area contributed by atoms with Crippen LogP contribution in [0.5, 0.6) is 5.75 Å². The van der Waals surface area contributed by atoms with Crippen LogP contribution >= 0.6 is 0 Å². The number of nitrogen functional groups attached to an aromatic ring is 1. The first-order valence-electron chi connectivity index (χ1n) is 13.1. The van der Waals surface area contributed by atoms with Crippen LogP contribution in [0.3, 0.4) is 0 Å². The van der Waals surface area contributed by atoms with Gasteiger partial charge in [-0.05, 0) is 37.1 Å². The fraction of sp³-hybridized carbons (Fsp3) is 0.357. The number of hydrogen-bond donors (Lipinski definition) is 2. The Bertz CT molecular complexity index is 1680. The molecular weight excluding hydrogens is 501 g/mol. The molecular formula is C28H28FN7O3. The lowest BCUT2D eigenvalue weighted by atomic mass is 9.82. The lowest BCUT2D eigenvalue weighted by molar-refractivity contribution is -0.0410. The van der Waals surface area contributed by atoms with E-state index in [2.05, 4.69) is 27.2 Å². The predicted octanol–water partition coefficient (Wildman–Crippen LogP) is 3.91. The van der Waals surface area contributed by atoms with Crippen molar-refractivity contribution in [2.75, 3.05) is 12.3 Å². The zero-order chi connectivity index (χ0) is 26.7. The molecule has 4 atom stereocenters. The fourth-order valence-corrected chi connectivity index (χ4v) is 5.43. The topological polar surface area (TPSA) is 126 Å². The second kappa shape index (κ2) is 9.28. The lowest BCUT2D eigenvalue weighted by Crippen LogP contribution is -2.32. The number of nitrogens with zero attached hydrogens (tertiary/aromatic N) is 6. The zero-order valence-corrected chi connectivity index (χ0v) is 21.3. The molecule has 0 radical (unpaired) electrons. The number of rotatable bonds is 6. The summed E-state index contributed by atoms with van der Waals surface area (Å²) in [7, 11) is 1.81. The lowest BCUT2D eigenvalue weighted by Gasteiger charge is -2.24. The van der Waals surface area contributed by atoms with Crippen LogP contribution in [0.25, 0.3) is 33.2 Å². The van der Waals surface area contributed by atoms with Gasteiger partial charge in [-0.2, -0.15) is 5.10 Å². The Hall–Kier alpha value is -4.09. The summed E-state index contributed by atoms with van der Waals surface area (Å²) in [6.45, 7) is -0.0324. The van der Waals surface area contributed by atoms with Gasteiger partial charge in [-0.25, -0.2) is 14.4 Å². The van der Waals surface area contributed by atoms with E-state index in [1.807, 2.05) is 24.3 Å². The van der Waals surface area contributed by atoms with Crippen LogP contribution in [-0.4, -0.2) is 59.4 Å². The minimum atomic E-state index is -1.72. The molecule has 200 valence electrons. The van der Waals surface area contributed by atoms with Crippen molar-refractivity contribution in [1.29, 1.82) is 0 Å². The van der Waals surface area contributed by atoms with Crippen molar-refractivity contribution >= 4 is 27.8 Å². The molecule has 0 amide bonds. The smallest absolute Gasteiger partial charge is 0.173 e. The third kappa shape index (κ3) is 4.09.